The van der Waals surface area contributed by atoms with Crippen molar-refractivity contribution >= 4 is 22.8 Å². The summed E-state index contributed by atoms with van der Waals surface area (Å²) in [6, 6.07) is 2.16. The van der Waals surface area contributed by atoms with Gasteiger partial charge < -0.3 is 19.9 Å². The second-order valence-corrected chi connectivity index (χ2v) is 6.83. The third kappa shape index (κ3) is 6.34. The van der Waals surface area contributed by atoms with Gasteiger partial charge in [-0.05, 0) is 43.7 Å². The zero-order valence-corrected chi connectivity index (χ0v) is 17.3. The molecule has 2 N–H and O–H groups in total. The summed E-state index contributed by atoms with van der Waals surface area (Å²) in [6.07, 6.45) is 9.56. The topological polar surface area (TPSA) is 83.1 Å². The highest BCUT2D eigenvalue weighted by Gasteiger charge is 2.23. The van der Waals surface area contributed by atoms with E-state index in [9.17, 15) is 4.79 Å². The highest BCUT2D eigenvalue weighted by Crippen LogP contribution is 2.28. The minimum atomic E-state index is -0.00835. The number of rotatable bonds is 5. The number of piperidine rings is 1. The second kappa shape index (κ2) is 11.4. The van der Waals surface area contributed by atoms with Crippen LogP contribution in [0.5, 0.6) is 0 Å². The minimum Gasteiger partial charge on any atom is -0.384 e. The molecule has 0 aromatic carbocycles. The van der Waals surface area contributed by atoms with Crippen LogP contribution in [-0.4, -0.2) is 58.6 Å². The van der Waals surface area contributed by atoms with Crippen LogP contribution in [0.25, 0.3) is 11.0 Å². The van der Waals surface area contributed by atoms with Crippen LogP contribution in [0.2, 0.25) is 0 Å². The van der Waals surface area contributed by atoms with Crippen LogP contribution in [0.15, 0.2) is 31.2 Å². The zero-order chi connectivity index (χ0) is 20.4. The molecule has 2 aromatic rings. The molecule has 1 saturated carbocycles. The monoisotopic (exact) mass is 387 g/mol. The van der Waals surface area contributed by atoms with Crippen LogP contribution in [0.3, 0.4) is 0 Å². The lowest BCUT2D eigenvalue weighted by Gasteiger charge is -2.32. The van der Waals surface area contributed by atoms with Gasteiger partial charge in [-0.3, -0.25) is 4.79 Å². The Morgan fingerprint density at radius 1 is 1.39 bits per heavy atom. The Bertz CT molecular complexity index is 741. The molecular formula is C21H33N5O2. The molecule has 154 valence electrons. The van der Waals surface area contributed by atoms with Crippen LogP contribution < -0.4 is 5.32 Å². The highest BCUT2D eigenvalue weighted by atomic mass is 16.5. The first-order chi connectivity index (χ1) is 13.7. The number of carbonyl (C=O) groups excluding carboxylic acids is 1. The lowest BCUT2D eigenvalue weighted by molar-refractivity contribution is -0.127. The fourth-order valence-corrected chi connectivity index (χ4v) is 3.13. The van der Waals surface area contributed by atoms with Gasteiger partial charge in [-0.2, -0.15) is 0 Å². The van der Waals surface area contributed by atoms with Gasteiger partial charge in [0.15, 0.2) is 0 Å². The molecule has 1 unspecified atom stereocenters. The molecule has 2 aliphatic rings. The molecule has 1 saturated heterocycles. The lowest BCUT2D eigenvalue weighted by atomic mass is 10.1. The number of nitrogens with one attached hydrogen (secondary N) is 2. The average molecular weight is 388 g/mol. The maximum atomic E-state index is 11.7. The number of hydrogen-bond acceptors (Lipinski definition) is 5. The van der Waals surface area contributed by atoms with Gasteiger partial charge in [0.2, 0.25) is 5.91 Å². The van der Waals surface area contributed by atoms with E-state index in [2.05, 4.69) is 26.8 Å². The van der Waals surface area contributed by atoms with Gasteiger partial charge >= 0.3 is 0 Å². The number of hydrogen-bond donors (Lipinski definition) is 2. The third-order valence-electron chi connectivity index (χ3n) is 4.70. The number of amides is 1. The van der Waals surface area contributed by atoms with Gasteiger partial charge in [-0.15, -0.1) is 0 Å². The Labute approximate surface area is 167 Å². The van der Waals surface area contributed by atoms with Crippen molar-refractivity contribution in [1.29, 1.82) is 0 Å². The first-order valence-electron chi connectivity index (χ1n) is 10.2. The van der Waals surface area contributed by atoms with Crippen molar-refractivity contribution in [3.63, 3.8) is 0 Å². The molecule has 7 nitrogen and oxygen atoms in total. The van der Waals surface area contributed by atoms with Crippen molar-refractivity contribution in [2.24, 2.45) is 5.92 Å². The van der Waals surface area contributed by atoms with E-state index in [-0.39, 0.29) is 11.9 Å². The van der Waals surface area contributed by atoms with Gasteiger partial charge in [0.1, 0.15) is 17.8 Å². The number of aromatic amines is 1. The summed E-state index contributed by atoms with van der Waals surface area (Å²) in [7, 11) is 1.76. The number of likely N-dealkylation sites (tertiary alicyclic amines) is 1. The van der Waals surface area contributed by atoms with E-state index in [0.717, 1.165) is 48.8 Å². The molecule has 28 heavy (non-hydrogen) atoms. The Balaban J connectivity index is 0.000000296. The fourth-order valence-electron chi connectivity index (χ4n) is 3.13. The number of anilines is 1. The summed E-state index contributed by atoms with van der Waals surface area (Å²) in [5.41, 5.74) is 0.817. The number of fused-ring (bicyclic) bond motifs is 1. The first-order valence-corrected chi connectivity index (χ1v) is 10.2. The third-order valence-corrected chi connectivity index (χ3v) is 4.70. The Kier molecular flexibility index (Phi) is 8.94. The molecule has 3 heterocycles. The Morgan fingerprint density at radius 2 is 2.18 bits per heavy atom. The number of H-pyrrole nitrogens is 1. The van der Waals surface area contributed by atoms with Crippen LogP contribution in [0.1, 0.15) is 39.5 Å². The molecule has 2 fully saturated rings. The molecular weight excluding hydrogens is 354 g/mol. The van der Waals surface area contributed by atoms with Crippen molar-refractivity contribution in [1.82, 2.24) is 19.9 Å². The fraction of sp³-hybridized carbons (Fsp3) is 0.571. The van der Waals surface area contributed by atoms with E-state index in [1.54, 1.807) is 7.11 Å². The van der Waals surface area contributed by atoms with Gasteiger partial charge in [0.05, 0.1) is 5.39 Å². The van der Waals surface area contributed by atoms with Crippen molar-refractivity contribution in [2.75, 3.05) is 32.1 Å². The van der Waals surface area contributed by atoms with Gasteiger partial charge in [-0.1, -0.05) is 20.4 Å². The number of ether oxygens (including phenoxy) is 1. The smallest absolute Gasteiger partial charge is 0.246 e. The van der Waals surface area contributed by atoms with Crippen molar-refractivity contribution in [3.8, 4) is 0 Å². The lowest BCUT2D eigenvalue weighted by Crippen LogP contribution is -2.44. The van der Waals surface area contributed by atoms with E-state index in [1.165, 1.54) is 25.2 Å². The molecule has 0 radical (unpaired) electrons. The number of carbonyl (C=O) groups is 1. The number of methoxy groups -OCH3 is 1. The molecule has 1 atom stereocenters. The van der Waals surface area contributed by atoms with E-state index in [0.29, 0.717) is 6.54 Å². The summed E-state index contributed by atoms with van der Waals surface area (Å²) in [4.78, 5) is 25.0. The van der Waals surface area contributed by atoms with Crippen LogP contribution in [0, 0.1) is 5.92 Å². The predicted molar refractivity (Wildman–Crippen MR) is 113 cm³/mol. The Morgan fingerprint density at radius 3 is 2.82 bits per heavy atom. The summed E-state index contributed by atoms with van der Waals surface area (Å²) in [5.74, 6) is 1.73. The minimum absolute atomic E-state index is 0.00835. The van der Waals surface area contributed by atoms with Crippen LogP contribution in [0.4, 0.5) is 5.82 Å². The highest BCUT2D eigenvalue weighted by molar-refractivity contribution is 5.88. The molecule has 4 rings (SSSR count). The van der Waals surface area contributed by atoms with Gasteiger partial charge in [0.25, 0.3) is 0 Å². The Hall–Kier alpha value is -2.41. The van der Waals surface area contributed by atoms with E-state index < -0.39 is 0 Å². The van der Waals surface area contributed by atoms with Crippen molar-refractivity contribution < 1.29 is 9.53 Å². The molecule has 0 bridgehead atoms. The largest absolute Gasteiger partial charge is 0.384 e. The summed E-state index contributed by atoms with van der Waals surface area (Å²) >= 11 is 0. The average Bonchev–Trinajstić information content (AvgIpc) is 3.42. The molecule has 2 aromatic heterocycles. The van der Waals surface area contributed by atoms with E-state index >= 15 is 0 Å². The zero-order valence-electron chi connectivity index (χ0n) is 17.3. The number of aromatic nitrogens is 3. The number of nitrogens with zero attached hydrogens (tertiary/aromatic N) is 3. The van der Waals surface area contributed by atoms with Gasteiger partial charge in [-0.25, -0.2) is 9.97 Å². The molecule has 0 spiro atoms. The van der Waals surface area contributed by atoms with Crippen molar-refractivity contribution in [3.05, 3.63) is 31.2 Å². The van der Waals surface area contributed by atoms with Crippen molar-refractivity contribution in [2.45, 2.75) is 45.6 Å². The normalized spacial score (nSPS) is 18.4. The predicted octanol–water partition coefficient (Wildman–Crippen LogP) is 3.62. The van der Waals surface area contributed by atoms with Crippen LogP contribution in [-0.2, 0) is 9.53 Å². The summed E-state index contributed by atoms with van der Waals surface area (Å²) in [6.45, 7) is 10.0. The first kappa shape index (κ1) is 21.9. The maximum absolute atomic E-state index is 11.7. The maximum Gasteiger partial charge on any atom is 0.246 e. The second-order valence-electron chi connectivity index (χ2n) is 6.83. The van der Waals surface area contributed by atoms with E-state index in [1.807, 2.05) is 31.0 Å². The molecule has 7 heteroatoms. The summed E-state index contributed by atoms with van der Waals surface area (Å²) in [5, 5.41) is 4.39. The van der Waals surface area contributed by atoms with Crippen LogP contribution >= 0.6 is 0 Å². The molecule has 1 aliphatic heterocycles. The summed E-state index contributed by atoms with van der Waals surface area (Å²) < 4.78 is 4.87. The standard InChI is InChI=1S/C14H17N5O.C5H10O.C2H6/c1-2-12(20)19-7-3-4-10(8-19)18-14-11-5-6-15-13(11)16-9-17-14;1-6-4-5-2-3-5;1-2/h2,5-6,9-10H,1,3-4,7-8H2,(H2,15,16,17,18);5H,2-4H2,1H3;1-2H3. The molecule has 1 aliphatic carbocycles. The molecule has 1 amide bonds. The van der Waals surface area contributed by atoms with E-state index in [4.69, 9.17) is 4.74 Å². The quantitative estimate of drug-likeness (QED) is 0.766. The van der Waals surface area contributed by atoms with Gasteiger partial charge in [0, 0.05) is 39.0 Å². The SMILES string of the molecule is C=CC(=O)N1CCCC(Nc2ncnc3[nH]ccc23)C1.CC.COCC1CC1.